The van der Waals surface area contributed by atoms with Crippen molar-refractivity contribution in [2.24, 2.45) is 11.5 Å². The molecule has 2 heterocycles. The number of hydrogen-bond acceptors (Lipinski definition) is 6. The Kier molecular flexibility index (Phi) is 5.74. The van der Waals surface area contributed by atoms with Crippen LogP contribution >= 0.6 is 0 Å². The molecular formula is C21H22F3N7O. The van der Waals surface area contributed by atoms with Gasteiger partial charge in [0.1, 0.15) is 11.9 Å². The van der Waals surface area contributed by atoms with Gasteiger partial charge in [0.25, 0.3) is 11.8 Å². The number of rotatable bonds is 6. The zero-order valence-corrected chi connectivity index (χ0v) is 16.9. The summed E-state index contributed by atoms with van der Waals surface area (Å²) in [5, 5.41) is 9.51. The van der Waals surface area contributed by atoms with Gasteiger partial charge in [0.05, 0.1) is 11.3 Å². The summed E-state index contributed by atoms with van der Waals surface area (Å²) in [7, 11) is 0. The van der Waals surface area contributed by atoms with Crippen molar-refractivity contribution in [1.82, 2.24) is 14.8 Å². The van der Waals surface area contributed by atoms with Crippen molar-refractivity contribution in [3.63, 3.8) is 0 Å². The lowest BCUT2D eigenvalue weighted by molar-refractivity contribution is -0.0512. The van der Waals surface area contributed by atoms with Gasteiger partial charge in [-0.1, -0.05) is 6.07 Å². The van der Waals surface area contributed by atoms with Crippen molar-refractivity contribution in [2.75, 3.05) is 10.6 Å². The van der Waals surface area contributed by atoms with Crippen molar-refractivity contribution in [3.05, 3.63) is 60.2 Å². The van der Waals surface area contributed by atoms with Gasteiger partial charge in [-0.15, -0.1) is 0 Å². The van der Waals surface area contributed by atoms with Crippen molar-refractivity contribution < 1.29 is 18.0 Å². The summed E-state index contributed by atoms with van der Waals surface area (Å²) in [6.45, 7) is 0. The van der Waals surface area contributed by atoms with Crippen LogP contribution in [0.25, 0.3) is 5.69 Å². The van der Waals surface area contributed by atoms with Gasteiger partial charge in [-0.25, -0.2) is 22.8 Å². The number of hydrogen-bond donors (Lipinski definition) is 4. The molecule has 11 heteroatoms. The second-order valence-corrected chi connectivity index (χ2v) is 7.64. The van der Waals surface area contributed by atoms with Crippen LogP contribution in [0.3, 0.4) is 0 Å². The van der Waals surface area contributed by atoms with Gasteiger partial charge < -0.3 is 22.1 Å². The van der Waals surface area contributed by atoms with E-state index in [1.165, 1.54) is 0 Å². The monoisotopic (exact) mass is 445 g/mol. The number of carbonyl (C=O) groups is 1. The number of nitrogens with one attached hydrogen (secondary N) is 2. The molecule has 8 nitrogen and oxygen atoms in total. The quantitative estimate of drug-likeness (QED) is 0.462. The highest BCUT2D eigenvalue weighted by Gasteiger charge is 2.46. The SMILES string of the molecule is NC(=O)c1cc(F)c(N[C@H]2[C@@H](N)CCCC2(F)F)nc1Nc1cccc(-n2cccn2)c1. The first-order valence-corrected chi connectivity index (χ1v) is 10.0. The fraction of sp³-hybridized carbons (Fsp3) is 0.286. The molecule has 1 saturated carbocycles. The van der Waals surface area contributed by atoms with Crippen LogP contribution in [-0.2, 0) is 0 Å². The summed E-state index contributed by atoms with van der Waals surface area (Å²) in [6, 6.07) is 7.23. The molecule has 1 aromatic carbocycles. The van der Waals surface area contributed by atoms with Crippen molar-refractivity contribution in [1.29, 1.82) is 0 Å². The number of nitrogens with two attached hydrogens (primary N) is 2. The predicted octanol–water partition coefficient (Wildman–Crippen LogP) is 3.18. The predicted molar refractivity (Wildman–Crippen MR) is 114 cm³/mol. The Hall–Kier alpha value is -3.60. The van der Waals surface area contributed by atoms with E-state index in [2.05, 4.69) is 20.7 Å². The molecule has 3 aromatic rings. The summed E-state index contributed by atoms with van der Waals surface area (Å²) in [4.78, 5) is 15.9. The van der Waals surface area contributed by atoms with Gasteiger partial charge >= 0.3 is 0 Å². The third-order valence-electron chi connectivity index (χ3n) is 5.34. The molecular weight excluding hydrogens is 423 g/mol. The number of anilines is 3. The smallest absolute Gasteiger partial charge is 0.269 e. The van der Waals surface area contributed by atoms with Gasteiger partial charge in [-0.05, 0) is 43.2 Å². The van der Waals surface area contributed by atoms with Gasteiger partial charge in [-0.3, -0.25) is 4.79 Å². The summed E-state index contributed by atoms with van der Waals surface area (Å²) in [6.07, 6.45) is 3.67. The van der Waals surface area contributed by atoms with E-state index < -0.39 is 35.5 Å². The van der Waals surface area contributed by atoms with Crippen molar-refractivity contribution in [2.45, 2.75) is 37.3 Å². The highest BCUT2D eigenvalue weighted by Crippen LogP contribution is 2.35. The molecule has 1 aliphatic carbocycles. The second-order valence-electron chi connectivity index (χ2n) is 7.64. The third kappa shape index (κ3) is 4.37. The maximum absolute atomic E-state index is 14.7. The number of amides is 1. The van der Waals surface area contributed by atoms with Crippen LogP contribution in [0.15, 0.2) is 48.8 Å². The van der Waals surface area contributed by atoms with E-state index in [4.69, 9.17) is 11.5 Å². The zero-order chi connectivity index (χ0) is 22.9. The molecule has 1 fully saturated rings. The van der Waals surface area contributed by atoms with E-state index in [9.17, 15) is 18.0 Å². The summed E-state index contributed by atoms with van der Waals surface area (Å²) < 4.78 is 45.0. The molecule has 0 aliphatic heterocycles. The van der Waals surface area contributed by atoms with Gasteiger partial charge in [-0.2, -0.15) is 5.10 Å². The van der Waals surface area contributed by atoms with E-state index in [1.807, 2.05) is 6.07 Å². The molecule has 2 aromatic heterocycles. The normalized spacial score (nSPS) is 20.0. The lowest BCUT2D eigenvalue weighted by atomic mass is 9.87. The third-order valence-corrected chi connectivity index (χ3v) is 5.34. The van der Waals surface area contributed by atoms with Gasteiger partial charge in [0, 0.05) is 30.5 Å². The molecule has 4 rings (SSSR count). The van der Waals surface area contributed by atoms with Crippen LogP contribution in [0.5, 0.6) is 0 Å². The Bertz CT molecular complexity index is 1120. The van der Waals surface area contributed by atoms with Crippen molar-refractivity contribution >= 4 is 23.2 Å². The molecule has 1 aliphatic rings. The van der Waals surface area contributed by atoms with Crippen LogP contribution in [0.1, 0.15) is 29.6 Å². The van der Waals surface area contributed by atoms with Gasteiger partial charge in [0.15, 0.2) is 11.6 Å². The number of alkyl halides is 2. The number of nitrogens with zero attached hydrogens (tertiary/aromatic N) is 3. The maximum atomic E-state index is 14.7. The summed E-state index contributed by atoms with van der Waals surface area (Å²) in [5.74, 6) is -5.55. The largest absolute Gasteiger partial charge is 0.365 e. The first-order chi connectivity index (χ1) is 15.2. The summed E-state index contributed by atoms with van der Waals surface area (Å²) in [5.41, 5.74) is 12.2. The molecule has 0 saturated heterocycles. The fourth-order valence-corrected chi connectivity index (χ4v) is 3.73. The molecule has 0 bridgehead atoms. The molecule has 0 spiro atoms. The molecule has 1 amide bonds. The second kappa shape index (κ2) is 8.50. The number of aromatic nitrogens is 3. The minimum atomic E-state index is -3.13. The Morgan fingerprint density at radius 3 is 2.72 bits per heavy atom. The van der Waals surface area contributed by atoms with Crippen LogP contribution in [-0.4, -0.2) is 38.7 Å². The van der Waals surface area contributed by atoms with Crippen LogP contribution < -0.4 is 22.1 Å². The molecule has 32 heavy (non-hydrogen) atoms. The average Bonchev–Trinajstić information content (AvgIpc) is 3.27. The maximum Gasteiger partial charge on any atom is 0.269 e. The average molecular weight is 445 g/mol. The molecule has 0 unspecified atom stereocenters. The number of halogens is 3. The first-order valence-electron chi connectivity index (χ1n) is 10.0. The fourth-order valence-electron chi connectivity index (χ4n) is 3.73. The lowest BCUT2D eigenvalue weighted by Gasteiger charge is -2.36. The van der Waals surface area contributed by atoms with E-state index >= 15 is 0 Å². The molecule has 168 valence electrons. The first kappa shape index (κ1) is 21.6. The Balaban J connectivity index is 1.67. The van der Waals surface area contributed by atoms with E-state index in [0.29, 0.717) is 17.8 Å². The number of benzene rings is 1. The number of pyridine rings is 1. The molecule has 0 radical (unpaired) electrons. The van der Waals surface area contributed by atoms with Crippen LogP contribution in [0.2, 0.25) is 0 Å². The van der Waals surface area contributed by atoms with E-state index in [1.54, 1.807) is 41.3 Å². The van der Waals surface area contributed by atoms with Crippen molar-refractivity contribution in [3.8, 4) is 5.69 Å². The number of primary amides is 1. The number of carbonyl (C=O) groups excluding carboxylic acids is 1. The standard InChI is InChI=1S/C21H22F3N7O/c22-15-11-14(18(26)32)19(28-12-4-1-5-13(10-12)31-9-3-8-27-31)30-20(15)29-17-16(25)6-2-7-21(17,23)24/h1,3-5,8-11,16-17H,2,6-7,25H2,(H2,26,32)(H2,28,29,30)/t16-,17-/m0/s1. The molecule has 6 N–H and O–H groups in total. The topological polar surface area (TPSA) is 124 Å². The minimum Gasteiger partial charge on any atom is -0.365 e. The zero-order valence-electron chi connectivity index (χ0n) is 16.9. The van der Waals surface area contributed by atoms with E-state index in [-0.39, 0.29) is 24.2 Å². The van der Waals surface area contributed by atoms with Gasteiger partial charge in [0.2, 0.25) is 0 Å². The summed E-state index contributed by atoms with van der Waals surface area (Å²) >= 11 is 0. The van der Waals surface area contributed by atoms with Crippen LogP contribution in [0.4, 0.5) is 30.5 Å². The lowest BCUT2D eigenvalue weighted by Crippen LogP contribution is -2.55. The molecule has 2 atom stereocenters. The highest BCUT2D eigenvalue weighted by molar-refractivity contribution is 5.98. The Morgan fingerprint density at radius 2 is 2.03 bits per heavy atom. The highest BCUT2D eigenvalue weighted by atomic mass is 19.3. The Labute approximate surface area is 181 Å². The Morgan fingerprint density at radius 1 is 1.22 bits per heavy atom. The van der Waals surface area contributed by atoms with Crippen LogP contribution in [0, 0.1) is 5.82 Å². The minimum absolute atomic E-state index is 0.0771. The van der Waals surface area contributed by atoms with E-state index in [0.717, 1.165) is 6.07 Å².